The second-order valence-electron chi connectivity index (χ2n) is 18.8. The summed E-state index contributed by atoms with van der Waals surface area (Å²) in [6.45, 7) is 13.4. The predicted molar refractivity (Wildman–Crippen MR) is 242 cm³/mol. The molecular formula is C51H59FO14Si. The first-order valence-corrected chi connectivity index (χ1v) is 25.4. The van der Waals surface area contributed by atoms with Crippen molar-refractivity contribution in [2.24, 2.45) is 16.7 Å². The van der Waals surface area contributed by atoms with E-state index in [2.05, 4.69) is 0 Å². The van der Waals surface area contributed by atoms with Gasteiger partial charge in [0.25, 0.3) is 0 Å². The zero-order valence-corrected chi connectivity index (χ0v) is 40.1. The first-order valence-electron chi connectivity index (χ1n) is 22.8. The third-order valence-corrected chi connectivity index (χ3v) is 19.8. The van der Waals surface area contributed by atoms with E-state index in [4.69, 9.17) is 32.8 Å². The normalized spacial score (nSPS) is 29.7. The van der Waals surface area contributed by atoms with Crippen LogP contribution >= 0.6 is 0 Å². The molecule has 2 saturated carbocycles. The molecule has 0 radical (unpaired) electrons. The molecule has 9 atom stereocenters. The molecular weight excluding hydrogens is 884 g/mol. The quantitative estimate of drug-likeness (QED) is 0.0309. The Bertz CT molecular complexity index is 2430. The summed E-state index contributed by atoms with van der Waals surface area (Å²) >= 11 is 0. The summed E-state index contributed by atoms with van der Waals surface area (Å²) in [5, 5.41) is 14.0. The first kappa shape index (κ1) is 49.4. The van der Waals surface area contributed by atoms with Crippen LogP contribution in [0.25, 0.3) is 0 Å². The fourth-order valence-electron chi connectivity index (χ4n) is 11.1. The van der Waals surface area contributed by atoms with Crippen molar-refractivity contribution in [3.8, 4) is 5.75 Å². The van der Waals surface area contributed by atoms with E-state index >= 15 is 4.79 Å². The number of hydrogen-bond donors (Lipinski definition) is 1. The highest BCUT2D eigenvalue weighted by atomic mass is 28.4. The Morgan fingerprint density at radius 2 is 1.46 bits per heavy atom. The number of carbonyl (C=O) groups is 6. The summed E-state index contributed by atoms with van der Waals surface area (Å²) in [6.07, 6.45) is -9.73. The lowest BCUT2D eigenvalue weighted by Crippen LogP contribution is -2.82. The predicted octanol–water partition coefficient (Wildman–Crippen LogP) is 8.30. The summed E-state index contributed by atoms with van der Waals surface area (Å²) in [7, 11) is -2.68. The molecule has 1 saturated heterocycles. The SMILES string of the molecule is CC[Si](CC)(CC)O[C@H]1C[C@H]2OC[C@@]2(OC(C)=O)[C@H]2[C@H](OC(=O)c3ccccc3)[C@]3(O)C[C@H](OC(=O)CC(=O)c4ccccc4F)C(C)=C([C@@H](OC(=O)Oc4ccccc4)C(=O)[C@]12C)C3(C)C. The summed E-state index contributed by atoms with van der Waals surface area (Å²) in [6, 6.07) is 23.2. The average molecular weight is 943 g/mol. The van der Waals surface area contributed by atoms with Crippen LogP contribution in [0.1, 0.15) is 95.4 Å². The van der Waals surface area contributed by atoms with Gasteiger partial charge in [0, 0.05) is 25.2 Å². The topological polar surface area (TPSA) is 187 Å². The van der Waals surface area contributed by atoms with Crippen LogP contribution in [0.15, 0.2) is 96.1 Å². The van der Waals surface area contributed by atoms with Crippen LogP contribution < -0.4 is 4.74 Å². The third-order valence-electron chi connectivity index (χ3n) is 15.1. The molecule has 3 aromatic rings. The van der Waals surface area contributed by atoms with Gasteiger partial charge >= 0.3 is 24.1 Å². The van der Waals surface area contributed by atoms with E-state index in [0.717, 1.165) is 6.07 Å². The Morgan fingerprint density at radius 1 is 0.851 bits per heavy atom. The lowest BCUT2D eigenvalue weighted by atomic mass is 9.44. The number of ketones is 2. The molecule has 1 heterocycles. The maximum Gasteiger partial charge on any atom is 0.514 e. The lowest BCUT2D eigenvalue weighted by molar-refractivity contribution is -0.344. The third kappa shape index (κ3) is 8.66. The maximum atomic E-state index is 16.5. The standard InChI is InChI=1S/C51H59FO14Si/c1-9-67(10-2,11-3)66-38-27-39-50(29-60-39,65-31(5)53)43-45(64-46(57)32-20-14-12-15-21-32)51(59)28-37(62-40(55)26-36(54)34-24-18-19-25-35(34)52)30(4)41(48(51,6)7)42(44(56)49(38,43)8)63-47(58)61-33-22-16-13-17-23-33/h12-25,37-39,42-43,45,59H,9-11,26-29H2,1-8H3/t37-,38-,39+,42+,43-,45-,49+,50-,51+/m0/s1. The van der Waals surface area contributed by atoms with Crippen LogP contribution in [0.5, 0.6) is 5.75 Å². The molecule has 3 aliphatic carbocycles. The van der Waals surface area contributed by atoms with Crippen molar-refractivity contribution in [2.75, 3.05) is 6.61 Å². The highest BCUT2D eigenvalue weighted by Crippen LogP contribution is 2.65. The van der Waals surface area contributed by atoms with E-state index in [1.165, 1.54) is 49.4 Å². The number of rotatable bonds is 14. The average Bonchev–Trinajstić information content (AvgIpc) is 3.29. The van der Waals surface area contributed by atoms with Gasteiger partial charge in [-0.05, 0) is 79.5 Å². The van der Waals surface area contributed by atoms with Gasteiger partial charge in [0.2, 0.25) is 0 Å². The summed E-state index contributed by atoms with van der Waals surface area (Å²) in [5.74, 6) is -6.56. The van der Waals surface area contributed by atoms with Crippen LogP contribution in [0.4, 0.5) is 9.18 Å². The molecule has 16 heteroatoms. The number of ether oxygens (including phenoxy) is 6. The molecule has 4 aliphatic rings. The van der Waals surface area contributed by atoms with Crippen LogP contribution in [0.3, 0.4) is 0 Å². The van der Waals surface area contributed by atoms with Crippen molar-refractivity contribution < 1.29 is 71.1 Å². The van der Waals surface area contributed by atoms with E-state index < -0.39 is 121 Å². The Morgan fingerprint density at radius 3 is 2.04 bits per heavy atom. The summed E-state index contributed by atoms with van der Waals surface area (Å²) in [5.41, 5.74) is -7.77. The highest BCUT2D eigenvalue weighted by Gasteiger charge is 2.79. The second-order valence-corrected chi connectivity index (χ2v) is 23.5. The van der Waals surface area contributed by atoms with Crippen molar-refractivity contribution in [1.82, 2.24) is 0 Å². The first-order chi connectivity index (χ1) is 31.7. The molecule has 14 nitrogen and oxygen atoms in total. The lowest BCUT2D eigenvalue weighted by Gasteiger charge is -2.68. The second kappa shape index (κ2) is 18.9. The number of benzene rings is 3. The minimum atomic E-state index is -2.68. The van der Waals surface area contributed by atoms with Gasteiger partial charge in [0.05, 0.1) is 35.2 Å². The van der Waals surface area contributed by atoms with Crippen LogP contribution in [-0.2, 0) is 42.5 Å². The molecule has 3 fully saturated rings. The summed E-state index contributed by atoms with van der Waals surface area (Å²) < 4.78 is 59.1. The van der Waals surface area contributed by atoms with Crippen molar-refractivity contribution in [3.05, 3.63) is 113 Å². The zero-order valence-electron chi connectivity index (χ0n) is 39.1. The number of carbonyl (C=O) groups excluding carboxylic acids is 6. The minimum Gasteiger partial charge on any atom is -0.457 e. The van der Waals surface area contributed by atoms with Gasteiger partial charge in [-0.25, -0.2) is 14.0 Å². The van der Waals surface area contributed by atoms with Crippen molar-refractivity contribution in [3.63, 3.8) is 0 Å². The van der Waals surface area contributed by atoms with Gasteiger partial charge in [-0.15, -0.1) is 0 Å². The van der Waals surface area contributed by atoms with E-state index in [1.807, 2.05) is 20.8 Å². The molecule has 67 heavy (non-hydrogen) atoms. The van der Waals surface area contributed by atoms with E-state index in [-0.39, 0.29) is 41.1 Å². The number of aliphatic hydroxyl groups is 1. The molecule has 7 rings (SSSR count). The Hall–Kier alpha value is -5.55. The Labute approximate surface area is 390 Å². The van der Waals surface area contributed by atoms with Gasteiger partial charge in [0.15, 0.2) is 31.6 Å². The number of halogens is 1. The highest BCUT2D eigenvalue weighted by molar-refractivity contribution is 6.73. The van der Waals surface area contributed by atoms with Crippen molar-refractivity contribution in [1.29, 1.82) is 0 Å². The Balaban J connectivity index is 1.48. The van der Waals surface area contributed by atoms with Crippen molar-refractivity contribution in [2.45, 2.75) is 135 Å². The minimum absolute atomic E-state index is 0.00665. The molecule has 0 spiro atoms. The van der Waals surface area contributed by atoms with Crippen LogP contribution in [0, 0.1) is 22.6 Å². The fourth-order valence-corrected chi connectivity index (χ4v) is 14.1. The molecule has 2 bridgehead atoms. The van der Waals surface area contributed by atoms with E-state index in [9.17, 15) is 33.5 Å². The van der Waals surface area contributed by atoms with E-state index in [1.54, 1.807) is 64.1 Å². The largest absolute Gasteiger partial charge is 0.514 e. The van der Waals surface area contributed by atoms with Gasteiger partial charge in [-0.2, -0.15) is 0 Å². The molecule has 1 N–H and O–H groups in total. The Kier molecular flexibility index (Phi) is 13.9. The summed E-state index contributed by atoms with van der Waals surface area (Å²) in [4.78, 5) is 85.8. The molecule has 358 valence electrons. The van der Waals surface area contributed by atoms with Gasteiger partial charge in [-0.1, -0.05) is 83.1 Å². The molecule has 0 amide bonds. The van der Waals surface area contributed by atoms with Crippen LogP contribution in [-0.4, -0.2) is 97.4 Å². The molecule has 3 aromatic carbocycles. The number of esters is 3. The van der Waals surface area contributed by atoms with Gasteiger partial charge in [0.1, 0.15) is 41.9 Å². The number of fused-ring (bicyclic) bond motifs is 5. The zero-order chi connectivity index (χ0) is 48.7. The monoisotopic (exact) mass is 942 g/mol. The maximum absolute atomic E-state index is 16.5. The molecule has 0 unspecified atom stereocenters. The fraction of sp³-hybridized carbons (Fsp3) is 0.490. The van der Waals surface area contributed by atoms with Crippen molar-refractivity contribution >= 4 is 43.9 Å². The molecule has 0 aromatic heterocycles. The molecule has 1 aliphatic heterocycles. The van der Waals surface area contributed by atoms with Gasteiger partial charge < -0.3 is 38.0 Å². The van der Waals surface area contributed by atoms with Crippen LogP contribution in [0.2, 0.25) is 18.1 Å². The van der Waals surface area contributed by atoms with Gasteiger partial charge in [-0.3, -0.25) is 19.2 Å². The van der Waals surface area contributed by atoms with E-state index in [0.29, 0.717) is 18.1 Å². The number of Topliss-reactive ketones (excluding diaryl/α,β-unsaturated/α-hetero) is 2. The number of para-hydroxylation sites is 1. The smallest absolute Gasteiger partial charge is 0.457 e. The number of hydrogen-bond acceptors (Lipinski definition) is 14.